The summed E-state index contributed by atoms with van der Waals surface area (Å²) in [4.78, 5) is 13.7. The Balaban J connectivity index is 2.63. The van der Waals surface area contributed by atoms with Crippen molar-refractivity contribution >= 4 is 15.7 Å². The standard InChI is InChI=1S/C12H23NO4S/c1-2-3-7-13(12(15)5-4-8-14)11-6-9-18(16,17)10-11/h11,14H,2-10H2,1H3. The molecule has 1 saturated heterocycles. The van der Waals surface area contributed by atoms with E-state index in [1.165, 1.54) is 0 Å². The van der Waals surface area contributed by atoms with Crippen molar-refractivity contribution in [1.29, 1.82) is 0 Å². The molecule has 0 aromatic carbocycles. The van der Waals surface area contributed by atoms with E-state index < -0.39 is 9.84 Å². The largest absolute Gasteiger partial charge is 0.396 e. The number of unbranched alkanes of at least 4 members (excludes halogenated alkanes) is 1. The highest BCUT2D eigenvalue weighted by atomic mass is 32.2. The van der Waals surface area contributed by atoms with Crippen LogP contribution >= 0.6 is 0 Å². The summed E-state index contributed by atoms with van der Waals surface area (Å²) < 4.78 is 23.0. The molecule has 1 heterocycles. The van der Waals surface area contributed by atoms with Gasteiger partial charge in [0.15, 0.2) is 9.84 Å². The summed E-state index contributed by atoms with van der Waals surface area (Å²) in [6.07, 6.45) is 3.17. The van der Waals surface area contributed by atoms with Gasteiger partial charge in [0, 0.05) is 25.6 Å². The number of aliphatic hydroxyl groups is 1. The first-order valence-corrected chi connectivity index (χ1v) is 8.43. The second kappa shape index (κ2) is 7.09. The third-order valence-electron chi connectivity index (χ3n) is 3.27. The van der Waals surface area contributed by atoms with Crippen molar-refractivity contribution in [2.45, 2.75) is 45.1 Å². The molecule has 0 radical (unpaired) electrons. The highest BCUT2D eigenvalue weighted by Gasteiger charge is 2.33. The van der Waals surface area contributed by atoms with E-state index in [0.29, 0.717) is 25.8 Å². The van der Waals surface area contributed by atoms with E-state index >= 15 is 0 Å². The molecule has 106 valence electrons. The van der Waals surface area contributed by atoms with Gasteiger partial charge < -0.3 is 10.0 Å². The van der Waals surface area contributed by atoms with Crippen LogP contribution in [0.1, 0.15) is 39.0 Å². The van der Waals surface area contributed by atoms with Crippen LogP contribution < -0.4 is 0 Å². The first-order chi connectivity index (χ1) is 8.50. The smallest absolute Gasteiger partial charge is 0.222 e. The van der Waals surface area contributed by atoms with Crippen molar-refractivity contribution in [1.82, 2.24) is 4.90 Å². The van der Waals surface area contributed by atoms with E-state index in [4.69, 9.17) is 5.11 Å². The van der Waals surface area contributed by atoms with Gasteiger partial charge in [-0.1, -0.05) is 13.3 Å². The molecule has 0 saturated carbocycles. The Labute approximate surface area is 109 Å². The Bertz CT molecular complexity index is 366. The average molecular weight is 277 g/mol. The number of nitrogens with zero attached hydrogens (tertiary/aromatic N) is 1. The molecule has 1 N–H and O–H groups in total. The van der Waals surface area contributed by atoms with Gasteiger partial charge >= 0.3 is 0 Å². The molecule has 1 unspecified atom stereocenters. The lowest BCUT2D eigenvalue weighted by molar-refractivity contribution is -0.133. The van der Waals surface area contributed by atoms with E-state index in [0.717, 1.165) is 12.8 Å². The molecule has 0 aliphatic carbocycles. The molecule has 5 nitrogen and oxygen atoms in total. The average Bonchev–Trinajstić information content (AvgIpc) is 2.67. The van der Waals surface area contributed by atoms with Gasteiger partial charge in [-0.05, 0) is 19.3 Å². The molecule has 0 bridgehead atoms. The van der Waals surface area contributed by atoms with Gasteiger partial charge in [-0.2, -0.15) is 0 Å². The van der Waals surface area contributed by atoms with Crippen molar-refractivity contribution < 1.29 is 18.3 Å². The molecule has 1 rings (SSSR count). The maximum absolute atomic E-state index is 12.0. The number of aliphatic hydroxyl groups excluding tert-OH is 1. The van der Waals surface area contributed by atoms with Crippen molar-refractivity contribution in [2.75, 3.05) is 24.7 Å². The van der Waals surface area contributed by atoms with Crippen LogP contribution in [0, 0.1) is 0 Å². The number of rotatable bonds is 7. The Morgan fingerprint density at radius 2 is 2.11 bits per heavy atom. The summed E-state index contributed by atoms with van der Waals surface area (Å²) in [5.74, 6) is 0.259. The van der Waals surface area contributed by atoms with Crippen LogP contribution in [-0.4, -0.2) is 55.0 Å². The van der Waals surface area contributed by atoms with Crippen LogP contribution in [0.4, 0.5) is 0 Å². The highest BCUT2D eigenvalue weighted by Crippen LogP contribution is 2.19. The van der Waals surface area contributed by atoms with Gasteiger partial charge in [0.05, 0.1) is 11.5 Å². The molecule has 1 atom stereocenters. The number of sulfone groups is 1. The lowest BCUT2D eigenvalue weighted by Gasteiger charge is -2.28. The maximum atomic E-state index is 12.0. The number of hydrogen-bond acceptors (Lipinski definition) is 4. The first-order valence-electron chi connectivity index (χ1n) is 6.61. The van der Waals surface area contributed by atoms with Crippen molar-refractivity contribution in [3.05, 3.63) is 0 Å². The van der Waals surface area contributed by atoms with Crippen LogP contribution in [0.25, 0.3) is 0 Å². The second-order valence-electron chi connectivity index (χ2n) is 4.82. The first kappa shape index (κ1) is 15.4. The Kier molecular flexibility index (Phi) is 6.08. The zero-order chi connectivity index (χ0) is 13.6. The zero-order valence-corrected chi connectivity index (χ0v) is 11.8. The van der Waals surface area contributed by atoms with E-state index in [2.05, 4.69) is 0 Å². The molecule has 6 heteroatoms. The fraction of sp³-hybridized carbons (Fsp3) is 0.917. The van der Waals surface area contributed by atoms with Gasteiger partial charge in [0.1, 0.15) is 0 Å². The molecular formula is C12H23NO4S. The summed E-state index contributed by atoms with van der Waals surface area (Å²) in [7, 11) is -2.96. The molecular weight excluding hydrogens is 254 g/mol. The van der Waals surface area contributed by atoms with Gasteiger partial charge in [-0.25, -0.2) is 8.42 Å². The highest BCUT2D eigenvalue weighted by molar-refractivity contribution is 7.91. The number of carbonyl (C=O) groups is 1. The van der Waals surface area contributed by atoms with Crippen molar-refractivity contribution in [2.24, 2.45) is 0 Å². The summed E-state index contributed by atoms with van der Waals surface area (Å²) in [6, 6.07) is -0.159. The molecule has 0 aromatic heterocycles. The third-order valence-corrected chi connectivity index (χ3v) is 5.02. The zero-order valence-electron chi connectivity index (χ0n) is 11.0. The predicted octanol–water partition coefficient (Wildman–Crippen LogP) is 0.575. The molecule has 1 aliphatic heterocycles. The van der Waals surface area contributed by atoms with E-state index in [1.807, 2.05) is 6.92 Å². The minimum Gasteiger partial charge on any atom is -0.396 e. The van der Waals surface area contributed by atoms with Gasteiger partial charge in [0.25, 0.3) is 0 Å². The summed E-state index contributed by atoms with van der Waals surface area (Å²) in [6.45, 7) is 2.67. The van der Waals surface area contributed by atoms with Crippen molar-refractivity contribution in [3.8, 4) is 0 Å². The number of hydrogen-bond donors (Lipinski definition) is 1. The fourth-order valence-electron chi connectivity index (χ4n) is 2.23. The van der Waals surface area contributed by atoms with Crippen LogP contribution in [0.5, 0.6) is 0 Å². The summed E-state index contributed by atoms with van der Waals surface area (Å²) in [5, 5.41) is 8.75. The minimum absolute atomic E-state index is 0.00365. The van der Waals surface area contributed by atoms with Crippen LogP contribution in [0.15, 0.2) is 0 Å². The quantitative estimate of drug-likeness (QED) is 0.738. The Hall–Kier alpha value is -0.620. The molecule has 18 heavy (non-hydrogen) atoms. The molecule has 1 fully saturated rings. The van der Waals surface area contributed by atoms with Crippen LogP contribution in [-0.2, 0) is 14.6 Å². The van der Waals surface area contributed by atoms with E-state index in [9.17, 15) is 13.2 Å². The van der Waals surface area contributed by atoms with Gasteiger partial charge in [-0.3, -0.25) is 4.79 Å². The molecule has 1 aliphatic rings. The Morgan fingerprint density at radius 1 is 1.39 bits per heavy atom. The van der Waals surface area contributed by atoms with E-state index in [-0.39, 0.29) is 30.1 Å². The van der Waals surface area contributed by atoms with Crippen molar-refractivity contribution in [3.63, 3.8) is 0 Å². The van der Waals surface area contributed by atoms with Crippen LogP contribution in [0.2, 0.25) is 0 Å². The summed E-state index contributed by atoms with van der Waals surface area (Å²) in [5.41, 5.74) is 0. The molecule has 1 amide bonds. The predicted molar refractivity (Wildman–Crippen MR) is 70.0 cm³/mol. The molecule has 0 spiro atoms. The monoisotopic (exact) mass is 277 g/mol. The van der Waals surface area contributed by atoms with Gasteiger partial charge in [0.2, 0.25) is 5.91 Å². The number of carbonyl (C=O) groups excluding carboxylic acids is 1. The number of amides is 1. The lowest BCUT2D eigenvalue weighted by atomic mass is 10.1. The lowest BCUT2D eigenvalue weighted by Crippen LogP contribution is -2.41. The Morgan fingerprint density at radius 3 is 2.61 bits per heavy atom. The van der Waals surface area contributed by atoms with Gasteiger partial charge in [-0.15, -0.1) is 0 Å². The summed E-state index contributed by atoms with van der Waals surface area (Å²) >= 11 is 0. The minimum atomic E-state index is -2.96. The molecule has 0 aromatic rings. The maximum Gasteiger partial charge on any atom is 0.222 e. The van der Waals surface area contributed by atoms with Crippen LogP contribution in [0.3, 0.4) is 0 Å². The second-order valence-corrected chi connectivity index (χ2v) is 7.05. The van der Waals surface area contributed by atoms with E-state index in [1.54, 1.807) is 4.90 Å². The SMILES string of the molecule is CCCCN(C(=O)CCCO)C1CCS(=O)(=O)C1. The normalized spacial score (nSPS) is 22.0. The fourth-order valence-corrected chi connectivity index (χ4v) is 3.97. The topological polar surface area (TPSA) is 74.7 Å². The third kappa shape index (κ3) is 4.57.